The molecule has 1 unspecified atom stereocenters. The summed E-state index contributed by atoms with van der Waals surface area (Å²) in [5.74, 6) is -1.04. The molecule has 8 nitrogen and oxygen atoms in total. The first-order valence-electron chi connectivity index (χ1n) is 7.16. The third-order valence-corrected chi connectivity index (χ3v) is 4.03. The van der Waals surface area contributed by atoms with Gasteiger partial charge in [-0.15, -0.1) is 0 Å². The van der Waals surface area contributed by atoms with Crippen molar-refractivity contribution in [3.63, 3.8) is 0 Å². The number of nitrogens with zero attached hydrogens (tertiary/aromatic N) is 3. The molecule has 1 heterocycles. The summed E-state index contributed by atoms with van der Waals surface area (Å²) in [7, 11) is 1.11. The molecule has 1 aliphatic carbocycles. The normalized spacial score (nSPS) is 15.7. The number of carbonyl (C=O) groups is 1. The number of aromatic nitrogens is 2. The first-order chi connectivity index (χ1) is 11.5. The van der Waals surface area contributed by atoms with Gasteiger partial charge in [0.05, 0.1) is 18.1 Å². The summed E-state index contributed by atoms with van der Waals surface area (Å²) in [5.41, 5.74) is 1.19. The van der Waals surface area contributed by atoms with E-state index in [1.807, 2.05) is 24.3 Å². The summed E-state index contributed by atoms with van der Waals surface area (Å²) in [6, 6.07) is 7.66. The SMILES string of the molecule is COC(=O)c1nc(Cl)nc(NC2CCc3ccccc32)c1[N+](=O)[O-]. The second-order valence-electron chi connectivity index (χ2n) is 5.22. The van der Waals surface area contributed by atoms with E-state index in [-0.39, 0.29) is 17.1 Å². The number of anilines is 1. The lowest BCUT2D eigenvalue weighted by Crippen LogP contribution is -2.15. The van der Waals surface area contributed by atoms with Crippen molar-refractivity contribution in [3.05, 3.63) is 56.5 Å². The van der Waals surface area contributed by atoms with Gasteiger partial charge in [-0.05, 0) is 35.6 Å². The summed E-state index contributed by atoms with van der Waals surface area (Å²) in [6.45, 7) is 0. The Morgan fingerprint density at radius 1 is 1.42 bits per heavy atom. The van der Waals surface area contributed by atoms with Crippen LogP contribution in [0.2, 0.25) is 5.28 Å². The maximum absolute atomic E-state index is 11.8. The highest BCUT2D eigenvalue weighted by Gasteiger charge is 2.32. The molecule has 2 aromatic rings. The molecule has 124 valence electrons. The van der Waals surface area contributed by atoms with E-state index in [4.69, 9.17) is 11.6 Å². The van der Waals surface area contributed by atoms with Gasteiger partial charge in [-0.2, -0.15) is 4.98 Å². The number of methoxy groups -OCH3 is 1. The van der Waals surface area contributed by atoms with Gasteiger partial charge in [-0.1, -0.05) is 24.3 Å². The predicted molar refractivity (Wildman–Crippen MR) is 86.2 cm³/mol. The largest absolute Gasteiger partial charge is 0.464 e. The van der Waals surface area contributed by atoms with Crippen LogP contribution >= 0.6 is 11.6 Å². The van der Waals surface area contributed by atoms with Crippen LogP contribution in [0.1, 0.15) is 34.1 Å². The molecule has 0 radical (unpaired) electrons. The van der Waals surface area contributed by atoms with Crippen LogP contribution in [-0.4, -0.2) is 28.0 Å². The van der Waals surface area contributed by atoms with Crippen LogP contribution in [0.3, 0.4) is 0 Å². The number of nitro groups is 1. The molecule has 3 rings (SSSR count). The third-order valence-electron chi connectivity index (χ3n) is 3.86. The number of hydrogen-bond acceptors (Lipinski definition) is 7. The van der Waals surface area contributed by atoms with Crippen molar-refractivity contribution in [1.82, 2.24) is 9.97 Å². The zero-order valence-electron chi connectivity index (χ0n) is 12.7. The molecule has 24 heavy (non-hydrogen) atoms. The molecule has 0 spiro atoms. The number of fused-ring (bicyclic) bond motifs is 1. The second-order valence-corrected chi connectivity index (χ2v) is 5.56. The lowest BCUT2D eigenvalue weighted by atomic mass is 10.1. The van der Waals surface area contributed by atoms with Crippen molar-refractivity contribution in [2.24, 2.45) is 0 Å². The molecule has 0 aliphatic heterocycles. The molecule has 0 amide bonds. The Hall–Kier alpha value is -2.74. The van der Waals surface area contributed by atoms with Crippen LogP contribution in [-0.2, 0) is 11.2 Å². The number of esters is 1. The monoisotopic (exact) mass is 348 g/mol. The minimum absolute atomic E-state index is 0.0953. The van der Waals surface area contributed by atoms with E-state index < -0.39 is 22.3 Å². The van der Waals surface area contributed by atoms with Crippen LogP contribution < -0.4 is 5.32 Å². The number of benzene rings is 1. The number of carbonyl (C=O) groups excluding carboxylic acids is 1. The van der Waals surface area contributed by atoms with Crippen molar-refractivity contribution in [2.75, 3.05) is 12.4 Å². The van der Waals surface area contributed by atoms with E-state index >= 15 is 0 Å². The second kappa shape index (κ2) is 6.40. The van der Waals surface area contributed by atoms with Crippen molar-refractivity contribution in [3.8, 4) is 0 Å². The Morgan fingerprint density at radius 2 is 2.17 bits per heavy atom. The smallest absolute Gasteiger partial charge is 0.364 e. The summed E-state index contributed by atoms with van der Waals surface area (Å²) in [6.07, 6.45) is 1.61. The average molecular weight is 349 g/mol. The van der Waals surface area contributed by atoms with Crippen molar-refractivity contribution < 1.29 is 14.5 Å². The molecular formula is C15H13ClN4O4. The van der Waals surface area contributed by atoms with Gasteiger partial charge in [0.2, 0.25) is 16.8 Å². The third kappa shape index (κ3) is 2.88. The Morgan fingerprint density at radius 3 is 2.88 bits per heavy atom. The van der Waals surface area contributed by atoms with Gasteiger partial charge in [0.25, 0.3) is 0 Å². The quantitative estimate of drug-likeness (QED) is 0.391. The number of rotatable bonds is 4. The van der Waals surface area contributed by atoms with Gasteiger partial charge in [0.1, 0.15) is 0 Å². The van der Waals surface area contributed by atoms with E-state index in [9.17, 15) is 14.9 Å². The molecule has 1 atom stereocenters. The fourth-order valence-corrected chi connectivity index (χ4v) is 2.98. The fourth-order valence-electron chi connectivity index (χ4n) is 2.81. The molecule has 0 fully saturated rings. The first kappa shape index (κ1) is 16.1. The van der Waals surface area contributed by atoms with Crippen molar-refractivity contribution in [1.29, 1.82) is 0 Å². The van der Waals surface area contributed by atoms with E-state index in [1.165, 1.54) is 5.56 Å². The highest BCUT2D eigenvalue weighted by atomic mass is 35.5. The van der Waals surface area contributed by atoms with Gasteiger partial charge < -0.3 is 10.1 Å². The van der Waals surface area contributed by atoms with Crippen LogP contribution in [0.4, 0.5) is 11.5 Å². The van der Waals surface area contributed by atoms with E-state index in [0.29, 0.717) is 0 Å². The Balaban J connectivity index is 2.04. The molecule has 9 heteroatoms. The maximum Gasteiger partial charge on any atom is 0.364 e. The summed E-state index contributed by atoms with van der Waals surface area (Å²) in [4.78, 5) is 30.0. The minimum Gasteiger partial charge on any atom is -0.464 e. The molecule has 1 aromatic carbocycles. The molecule has 0 saturated carbocycles. The Bertz CT molecular complexity index is 827. The summed E-state index contributed by atoms with van der Waals surface area (Å²) >= 11 is 5.82. The average Bonchev–Trinajstić information content (AvgIpc) is 2.96. The van der Waals surface area contributed by atoms with Gasteiger partial charge in [-0.3, -0.25) is 10.1 Å². The molecular weight excluding hydrogens is 336 g/mol. The number of hydrogen-bond donors (Lipinski definition) is 1. The fraction of sp³-hybridized carbons (Fsp3) is 0.267. The van der Waals surface area contributed by atoms with Gasteiger partial charge in [-0.25, -0.2) is 9.78 Å². The summed E-state index contributed by atoms with van der Waals surface area (Å²) in [5, 5.41) is 14.2. The number of aryl methyl sites for hydroxylation is 1. The highest BCUT2D eigenvalue weighted by Crippen LogP contribution is 2.36. The standard InChI is InChI=1S/C15H13ClN4O4/c1-24-14(21)11-12(20(22)23)13(19-15(16)18-11)17-10-7-6-8-4-2-3-5-9(8)10/h2-5,10H,6-7H2,1H3,(H,17,18,19). The Labute approximate surface area is 142 Å². The predicted octanol–water partition coefficient (Wildman–Crippen LogP) is 2.92. The lowest BCUT2D eigenvalue weighted by molar-refractivity contribution is -0.384. The number of nitrogens with one attached hydrogen (secondary N) is 1. The molecule has 0 saturated heterocycles. The topological polar surface area (TPSA) is 107 Å². The minimum atomic E-state index is -0.944. The maximum atomic E-state index is 11.8. The highest BCUT2D eigenvalue weighted by molar-refractivity contribution is 6.28. The number of halogens is 1. The Kier molecular flexibility index (Phi) is 4.30. The molecule has 1 N–H and O–H groups in total. The van der Waals surface area contributed by atoms with Crippen LogP contribution in [0.15, 0.2) is 24.3 Å². The van der Waals surface area contributed by atoms with Gasteiger partial charge >= 0.3 is 11.7 Å². The van der Waals surface area contributed by atoms with Gasteiger partial charge in [0, 0.05) is 0 Å². The summed E-state index contributed by atoms with van der Waals surface area (Å²) < 4.78 is 4.54. The van der Waals surface area contributed by atoms with E-state index in [2.05, 4.69) is 20.0 Å². The first-order valence-corrected chi connectivity index (χ1v) is 7.53. The zero-order valence-corrected chi connectivity index (χ0v) is 13.4. The molecule has 0 bridgehead atoms. The van der Waals surface area contributed by atoms with E-state index in [1.54, 1.807) is 0 Å². The molecule has 1 aromatic heterocycles. The lowest BCUT2D eigenvalue weighted by Gasteiger charge is -2.15. The van der Waals surface area contributed by atoms with Crippen LogP contribution in [0, 0.1) is 10.1 Å². The number of ether oxygens (including phenoxy) is 1. The van der Waals surface area contributed by atoms with Crippen LogP contribution in [0.5, 0.6) is 0 Å². The van der Waals surface area contributed by atoms with Crippen molar-refractivity contribution >= 4 is 29.1 Å². The zero-order chi connectivity index (χ0) is 17.3. The molecule has 1 aliphatic rings. The van der Waals surface area contributed by atoms with Gasteiger partial charge in [0.15, 0.2) is 0 Å². The van der Waals surface area contributed by atoms with E-state index in [0.717, 1.165) is 25.5 Å². The van der Waals surface area contributed by atoms with Crippen molar-refractivity contribution in [2.45, 2.75) is 18.9 Å². The van der Waals surface area contributed by atoms with Crippen LogP contribution in [0.25, 0.3) is 0 Å².